The highest BCUT2D eigenvalue weighted by molar-refractivity contribution is 6.31. The maximum Gasteiger partial charge on any atom is 0.274 e. The number of hydrogen-bond donors (Lipinski definition) is 2. The molecule has 0 fully saturated rings. The van der Waals surface area contributed by atoms with Gasteiger partial charge in [0, 0.05) is 28.4 Å². The molecule has 0 bridgehead atoms. The van der Waals surface area contributed by atoms with Crippen LogP contribution in [-0.2, 0) is 0 Å². The van der Waals surface area contributed by atoms with Crippen LogP contribution in [0.4, 0.5) is 5.69 Å². The van der Waals surface area contributed by atoms with Crippen molar-refractivity contribution in [1.29, 1.82) is 0 Å². The molecule has 0 saturated carbocycles. The van der Waals surface area contributed by atoms with E-state index in [1.165, 1.54) is 19.4 Å². The predicted octanol–water partition coefficient (Wildman–Crippen LogP) is 3.83. The molecule has 7 heteroatoms. The van der Waals surface area contributed by atoms with E-state index in [9.17, 15) is 9.59 Å². The van der Waals surface area contributed by atoms with Crippen molar-refractivity contribution < 1.29 is 14.3 Å². The number of rotatable bonds is 4. The molecule has 0 radical (unpaired) electrons. The summed E-state index contributed by atoms with van der Waals surface area (Å²) in [6.07, 6.45) is 1.43. The van der Waals surface area contributed by atoms with Crippen molar-refractivity contribution >= 4 is 29.1 Å². The Labute approximate surface area is 157 Å². The largest absolute Gasteiger partial charge is 0.495 e. The van der Waals surface area contributed by atoms with Crippen molar-refractivity contribution in [3.05, 3.63) is 52.3 Å². The molecule has 138 valence electrons. The number of nitrogens with one attached hydrogen (secondary N) is 2. The molecule has 0 saturated heterocycles. The molecule has 1 heterocycles. The number of nitrogens with zero attached hydrogens (tertiary/aromatic N) is 1. The number of amides is 2. The number of ether oxygens (including phenoxy) is 1. The lowest BCUT2D eigenvalue weighted by Crippen LogP contribution is -2.40. The van der Waals surface area contributed by atoms with Gasteiger partial charge in [0.2, 0.25) is 0 Å². The van der Waals surface area contributed by atoms with E-state index < -0.39 is 5.91 Å². The standard InChI is InChI=1S/C19H22ClN3O3/c1-11-8-14(16(26-5)10-13(11)20)22-18(25)15-9-12(6-7-21-15)17(24)23-19(2,3)4/h6-10H,1-5H3,(H,22,25)(H,23,24). The van der Waals surface area contributed by atoms with E-state index in [2.05, 4.69) is 15.6 Å². The number of anilines is 1. The summed E-state index contributed by atoms with van der Waals surface area (Å²) in [5.74, 6) is -0.278. The van der Waals surface area contributed by atoms with Crippen LogP contribution in [0.1, 0.15) is 47.2 Å². The molecule has 2 rings (SSSR count). The van der Waals surface area contributed by atoms with Gasteiger partial charge in [-0.1, -0.05) is 11.6 Å². The van der Waals surface area contributed by atoms with Gasteiger partial charge in [0.15, 0.2) is 0 Å². The Morgan fingerprint density at radius 1 is 1.15 bits per heavy atom. The quantitative estimate of drug-likeness (QED) is 0.850. The topological polar surface area (TPSA) is 80.3 Å². The minimum Gasteiger partial charge on any atom is -0.495 e. The summed E-state index contributed by atoms with van der Waals surface area (Å²) in [6.45, 7) is 7.48. The van der Waals surface area contributed by atoms with Crippen LogP contribution in [0.15, 0.2) is 30.5 Å². The number of methoxy groups -OCH3 is 1. The number of aryl methyl sites for hydroxylation is 1. The second-order valence-corrected chi connectivity index (χ2v) is 7.30. The molecular formula is C19H22ClN3O3. The molecule has 0 spiro atoms. The Balaban J connectivity index is 2.25. The average Bonchev–Trinajstić information content (AvgIpc) is 2.56. The smallest absolute Gasteiger partial charge is 0.274 e. The highest BCUT2D eigenvalue weighted by Gasteiger charge is 2.18. The zero-order valence-corrected chi connectivity index (χ0v) is 16.2. The molecular weight excluding hydrogens is 354 g/mol. The van der Waals surface area contributed by atoms with Gasteiger partial charge in [0.05, 0.1) is 12.8 Å². The van der Waals surface area contributed by atoms with Crippen molar-refractivity contribution in [3.8, 4) is 5.75 Å². The third-order valence-electron chi connectivity index (χ3n) is 3.47. The van der Waals surface area contributed by atoms with Crippen LogP contribution >= 0.6 is 11.6 Å². The Morgan fingerprint density at radius 3 is 2.46 bits per heavy atom. The summed E-state index contributed by atoms with van der Waals surface area (Å²) < 4.78 is 5.25. The number of aromatic nitrogens is 1. The zero-order valence-electron chi connectivity index (χ0n) is 15.4. The van der Waals surface area contributed by atoms with Gasteiger partial charge < -0.3 is 15.4 Å². The molecule has 2 amide bonds. The molecule has 1 aromatic heterocycles. The fraction of sp³-hybridized carbons (Fsp3) is 0.316. The van der Waals surface area contributed by atoms with E-state index in [1.54, 1.807) is 18.2 Å². The first kappa shape index (κ1) is 19.7. The van der Waals surface area contributed by atoms with Crippen LogP contribution in [0, 0.1) is 6.92 Å². The maximum atomic E-state index is 12.5. The predicted molar refractivity (Wildman–Crippen MR) is 102 cm³/mol. The minimum absolute atomic E-state index is 0.126. The number of halogens is 1. The van der Waals surface area contributed by atoms with E-state index >= 15 is 0 Å². The molecule has 0 unspecified atom stereocenters. The zero-order chi connectivity index (χ0) is 19.5. The first-order valence-electron chi connectivity index (χ1n) is 8.05. The van der Waals surface area contributed by atoms with Gasteiger partial charge in [-0.15, -0.1) is 0 Å². The molecule has 26 heavy (non-hydrogen) atoms. The lowest BCUT2D eigenvalue weighted by atomic mass is 10.1. The Bertz CT molecular complexity index is 844. The van der Waals surface area contributed by atoms with Crippen LogP contribution in [0.25, 0.3) is 0 Å². The van der Waals surface area contributed by atoms with E-state index in [0.717, 1.165) is 5.56 Å². The minimum atomic E-state index is -0.449. The monoisotopic (exact) mass is 375 g/mol. The molecule has 2 aromatic rings. The number of pyridine rings is 1. The van der Waals surface area contributed by atoms with Crippen molar-refractivity contribution in [2.24, 2.45) is 0 Å². The number of benzene rings is 1. The molecule has 0 aliphatic rings. The third-order valence-corrected chi connectivity index (χ3v) is 3.88. The Kier molecular flexibility index (Phi) is 5.87. The Morgan fingerprint density at radius 2 is 1.85 bits per heavy atom. The fourth-order valence-corrected chi connectivity index (χ4v) is 2.38. The summed E-state index contributed by atoms with van der Waals surface area (Å²) in [7, 11) is 1.49. The van der Waals surface area contributed by atoms with Crippen molar-refractivity contribution in [2.45, 2.75) is 33.2 Å². The number of carbonyl (C=O) groups is 2. The van der Waals surface area contributed by atoms with Crippen LogP contribution < -0.4 is 15.4 Å². The summed E-state index contributed by atoms with van der Waals surface area (Å²) in [4.78, 5) is 28.9. The van der Waals surface area contributed by atoms with Crippen molar-refractivity contribution in [2.75, 3.05) is 12.4 Å². The molecule has 0 aliphatic heterocycles. The van der Waals surface area contributed by atoms with Gasteiger partial charge in [-0.25, -0.2) is 0 Å². The summed E-state index contributed by atoms with van der Waals surface area (Å²) in [5.41, 5.74) is 1.39. The van der Waals surface area contributed by atoms with E-state index in [0.29, 0.717) is 22.0 Å². The highest BCUT2D eigenvalue weighted by Crippen LogP contribution is 2.31. The van der Waals surface area contributed by atoms with Crippen LogP contribution in [0.5, 0.6) is 5.75 Å². The SMILES string of the molecule is COc1cc(Cl)c(C)cc1NC(=O)c1cc(C(=O)NC(C)(C)C)ccn1. The first-order chi connectivity index (χ1) is 12.1. The summed E-state index contributed by atoms with van der Waals surface area (Å²) in [6, 6.07) is 6.36. The average molecular weight is 376 g/mol. The summed E-state index contributed by atoms with van der Waals surface area (Å²) in [5, 5.41) is 6.13. The number of hydrogen-bond acceptors (Lipinski definition) is 4. The van der Waals surface area contributed by atoms with Gasteiger partial charge in [-0.2, -0.15) is 0 Å². The van der Waals surface area contributed by atoms with Crippen LogP contribution in [0.2, 0.25) is 5.02 Å². The lowest BCUT2D eigenvalue weighted by molar-refractivity contribution is 0.0919. The fourth-order valence-electron chi connectivity index (χ4n) is 2.22. The van der Waals surface area contributed by atoms with Gasteiger partial charge in [0.1, 0.15) is 11.4 Å². The second-order valence-electron chi connectivity index (χ2n) is 6.89. The van der Waals surface area contributed by atoms with E-state index in [1.807, 2.05) is 27.7 Å². The van der Waals surface area contributed by atoms with Gasteiger partial charge in [0.25, 0.3) is 11.8 Å². The van der Waals surface area contributed by atoms with Crippen LogP contribution in [-0.4, -0.2) is 29.4 Å². The van der Waals surface area contributed by atoms with Gasteiger partial charge in [-0.05, 0) is 51.5 Å². The Hall–Kier alpha value is -2.60. The highest BCUT2D eigenvalue weighted by atomic mass is 35.5. The maximum absolute atomic E-state index is 12.5. The van der Waals surface area contributed by atoms with Crippen molar-refractivity contribution in [3.63, 3.8) is 0 Å². The molecule has 0 aliphatic carbocycles. The second kappa shape index (κ2) is 7.74. The first-order valence-corrected chi connectivity index (χ1v) is 8.42. The molecule has 2 N–H and O–H groups in total. The summed E-state index contributed by atoms with van der Waals surface area (Å²) >= 11 is 6.08. The molecule has 1 aromatic carbocycles. The molecule has 0 atom stereocenters. The van der Waals surface area contributed by atoms with Gasteiger partial charge in [-0.3, -0.25) is 14.6 Å². The lowest BCUT2D eigenvalue weighted by Gasteiger charge is -2.20. The molecule has 6 nitrogen and oxygen atoms in total. The normalized spacial score (nSPS) is 11.0. The van der Waals surface area contributed by atoms with Gasteiger partial charge >= 0.3 is 0 Å². The van der Waals surface area contributed by atoms with Crippen LogP contribution in [0.3, 0.4) is 0 Å². The number of carbonyl (C=O) groups excluding carboxylic acids is 2. The van der Waals surface area contributed by atoms with E-state index in [4.69, 9.17) is 16.3 Å². The third kappa shape index (κ3) is 4.95. The van der Waals surface area contributed by atoms with E-state index in [-0.39, 0.29) is 17.1 Å². The van der Waals surface area contributed by atoms with Crippen molar-refractivity contribution in [1.82, 2.24) is 10.3 Å².